The molecule has 20 heavy (non-hydrogen) atoms. The first-order valence-corrected chi connectivity index (χ1v) is 8.81. The van der Waals surface area contributed by atoms with Gasteiger partial charge in [-0.25, -0.2) is 4.98 Å². The molecule has 5 nitrogen and oxygen atoms in total. The summed E-state index contributed by atoms with van der Waals surface area (Å²) in [4.78, 5) is 8.84. The van der Waals surface area contributed by atoms with Crippen LogP contribution in [0.25, 0.3) is 11.6 Å². The fourth-order valence-electron chi connectivity index (χ4n) is 2.26. The third-order valence-corrected chi connectivity index (χ3v) is 5.76. The van der Waals surface area contributed by atoms with Crippen LogP contribution in [-0.2, 0) is 5.75 Å². The Morgan fingerprint density at radius 1 is 1.45 bits per heavy atom. The van der Waals surface area contributed by atoms with Crippen LogP contribution in [0.4, 0.5) is 0 Å². The van der Waals surface area contributed by atoms with E-state index < -0.39 is 0 Å². The number of rotatable bonds is 5. The Balaban J connectivity index is 1.63. The predicted octanol–water partition coefficient (Wildman–Crippen LogP) is 3.39. The van der Waals surface area contributed by atoms with Gasteiger partial charge in [0.2, 0.25) is 0 Å². The minimum Gasteiger partial charge on any atom is -0.332 e. The van der Waals surface area contributed by atoms with E-state index in [-0.39, 0.29) is 6.04 Å². The van der Waals surface area contributed by atoms with Gasteiger partial charge in [-0.1, -0.05) is 18.0 Å². The summed E-state index contributed by atoms with van der Waals surface area (Å²) in [7, 11) is 0. The Hall–Kier alpha value is -0.920. The molecule has 1 atom stereocenters. The lowest BCUT2D eigenvalue weighted by Crippen LogP contribution is -2.03. The maximum atomic E-state index is 5.81. The highest BCUT2D eigenvalue weighted by molar-refractivity contribution is 7.99. The largest absolute Gasteiger partial charge is 0.332 e. The summed E-state index contributed by atoms with van der Waals surface area (Å²) in [6.45, 7) is 1.92. The zero-order chi connectivity index (χ0) is 13.9. The van der Waals surface area contributed by atoms with Crippen LogP contribution >= 0.6 is 23.1 Å². The molecule has 2 aromatic rings. The number of thiazole rings is 1. The third-order valence-electron chi connectivity index (χ3n) is 3.35. The van der Waals surface area contributed by atoms with Crippen LogP contribution in [0.3, 0.4) is 0 Å². The van der Waals surface area contributed by atoms with Crippen molar-refractivity contribution in [3.8, 4) is 11.6 Å². The van der Waals surface area contributed by atoms with E-state index in [1.165, 1.54) is 37.0 Å². The van der Waals surface area contributed by atoms with E-state index in [0.29, 0.717) is 5.89 Å². The van der Waals surface area contributed by atoms with Crippen molar-refractivity contribution in [1.29, 1.82) is 0 Å². The molecule has 0 spiro atoms. The Bertz CT molecular complexity index is 560. The lowest BCUT2D eigenvalue weighted by Gasteiger charge is -2.04. The Labute approximate surface area is 126 Å². The second-order valence-electron chi connectivity index (χ2n) is 5.09. The summed E-state index contributed by atoms with van der Waals surface area (Å²) < 4.78 is 5.29. The molecule has 0 aliphatic heterocycles. The molecule has 2 N–H and O–H groups in total. The highest BCUT2D eigenvalue weighted by Crippen LogP contribution is 2.31. The normalized spacial score (nSPS) is 17.7. The van der Waals surface area contributed by atoms with Crippen molar-refractivity contribution in [3.63, 3.8) is 0 Å². The quantitative estimate of drug-likeness (QED) is 0.912. The van der Waals surface area contributed by atoms with Gasteiger partial charge in [0.05, 0.1) is 11.8 Å². The number of nitrogens with zero attached hydrogens (tertiary/aromatic N) is 3. The standard InChI is InChI=1S/C13H18N4OS2/c1-8(14)13-15-10(6-20-13)12-16-11(17-18-12)7-19-9-4-2-3-5-9/h6,8-9H,2-5,7,14H2,1H3. The van der Waals surface area contributed by atoms with Crippen LogP contribution in [0.2, 0.25) is 0 Å². The molecule has 0 amide bonds. The van der Waals surface area contributed by atoms with Gasteiger partial charge in [0.15, 0.2) is 5.82 Å². The highest BCUT2D eigenvalue weighted by atomic mass is 32.2. The van der Waals surface area contributed by atoms with Gasteiger partial charge in [-0.05, 0) is 19.8 Å². The van der Waals surface area contributed by atoms with Crippen molar-refractivity contribution in [2.75, 3.05) is 0 Å². The van der Waals surface area contributed by atoms with E-state index in [4.69, 9.17) is 10.3 Å². The molecule has 1 aliphatic rings. The molecule has 3 rings (SSSR count). The molecule has 0 saturated heterocycles. The highest BCUT2D eigenvalue weighted by Gasteiger charge is 2.18. The maximum absolute atomic E-state index is 5.81. The minimum atomic E-state index is -0.0611. The minimum absolute atomic E-state index is 0.0611. The van der Waals surface area contributed by atoms with Gasteiger partial charge in [0, 0.05) is 10.6 Å². The van der Waals surface area contributed by atoms with Gasteiger partial charge in [0.1, 0.15) is 10.7 Å². The molecule has 1 fully saturated rings. The molecule has 1 unspecified atom stereocenters. The predicted molar refractivity (Wildman–Crippen MR) is 81.6 cm³/mol. The van der Waals surface area contributed by atoms with E-state index in [0.717, 1.165) is 27.5 Å². The molecular weight excluding hydrogens is 292 g/mol. The fourth-order valence-corrected chi connectivity index (χ4v) is 4.18. The lowest BCUT2D eigenvalue weighted by atomic mass is 10.4. The van der Waals surface area contributed by atoms with Crippen molar-refractivity contribution < 1.29 is 4.52 Å². The summed E-state index contributed by atoms with van der Waals surface area (Å²) in [5, 5.41) is 7.60. The number of aromatic nitrogens is 3. The molecule has 1 saturated carbocycles. The molecule has 7 heteroatoms. The second kappa shape index (κ2) is 6.24. The van der Waals surface area contributed by atoms with Crippen molar-refractivity contribution in [3.05, 3.63) is 16.2 Å². The fraction of sp³-hybridized carbons (Fsp3) is 0.615. The van der Waals surface area contributed by atoms with Gasteiger partial charge in [-0.3, -0.25) is 0 Å². The van der Waals surface area contributed by atoms with Crippen LogP contribution in [0.1, 0.15) is 49.5 Å². The summed E-state index contributed by atoms with van der Waals surface area (Å²) in [5.74, 6) is 2.07. The molecule has 2 heterocycles. The van der Waals surface area contributed by atoms with E-state index in [1.54, 1.807) is 0 Å². The first-order chi connectivity index (χ1) is 9.72. The van der Waals surface area contributed by atoms with Gasteiger partial charge in [0.25, 0.3) is 5.89 Å². The van der Waals surface area contributed by atoms with E-state index >= 15 is 0 Å². The lowest BCUT2D eigenvalue weighted by molar-refractivity contribution is 0.424. The van der Waals surface area contributed by atoms with Gasteiger partial charge in [-0.15, -0.1) is 11.3 Å². The molecule has 0 bridgehead atoms. The first kappa shape index (κ1) is 14.0. The molecule has 2 aromatic heterocycles. The third kappa shape index (κ3) is 3.21. The van der Waals surface area contributed by atoms with Crippen molar-refractivity contribution >= 4 is 23.1 Å². The zero-order valence-electron chi connectivity index (χ0n) is 11.4. The number of hydrogen-bond acceptors (Lipinski definition) is 7. The molecule has 1 aliphatic carbocycles. The van der Waals surface area contributed by atoms with Crippen LogP contribution < -0.4 is 5.73 Å². The number of nitrogens with two attached hydrogens (primary N) is 1. The molecule has 108 valence electrons. The molecule has 0 radical (unpaired) electrons. The molecular formula is C13H18N4OS2. The maximum Gasteiger partial charge on any atom is 0.277 e. The van der Waals surface area contributed by atoms with Crippen molar-refractivity contribution in [1.82, 2.24) is 15.1 Å². The van der Waals surface area contributed by atoms with Gasteiger partial charge < -0.3 is 10.3 Å². The monoisotopic (exact) mass is 310 g/mol. The van der Waals surface area contributed by atoms with E-state index in [1.807, 2.05) is 24.1 Å². The SMILES string of the molecule is CC(N)c1nc(-c2nc(CSC3CCCC3)no2)cs1. The Morgan fingerprint density at radius 2 is 2.25 bits per heavy atom. The van der Waals surface area contributed by atoms with Crippen molar-refractivity contribution in [2.45, 2.75) is 49.7 Å². The van der Waals surface area contributed by atoms with E-state index in [2.05, 4.69) is 15.1 Å². The Morgan fingerprint density at radius 3 is 2.95 bits per heavy atom. The average molecular weight is 310 g/mol. The van der Waals surface area contributed by atoms with Crippen LogP contribution in [0.5, 0.6) is 0 Å². The van der Waals surface area contributed by atoms with Crippen LogP contribution in [0.15, 0.2) is 9.90 Å². The van der Waals surface area contributed by atoms with E-state index in [9.17, 15) is 0 Å². The topological polar surface area (TPSA) is 77.8 Å². The Kier molecular flexibility index (Phi) is 4.38. The number of thioether (sulfide) groups is 1. The summed E-state index contributed by atoms with van der Waals surface area (Å²) >= 11 is 3.46. The summed E-state index contributed by atoms with van der Waals surface area (Å²) in [6.07, 6.45) is 5.35. The average Bonchev–Trinajstić information content (AvgIpc) is 3.17. The summed E-state index contributed by atoms with van der Waals surface area (Å²) in [5.41, 5.74) is 6.53. The van der Waals surface area contributed by atoms with Crippen molar-refractivity contribution in [2.24, 2.45) is 5.73 Å². The summed E-state index contributed by atoms with van der Waals surface area (Å²) in [6, 6.07) is -0.0611. The van der Waals surface area contributed by atoms with Crippen LogP contribution in [0, 0.1) is 0 Å². The zero-order valence-corrected chi connectivity index (χ0v) is 13.0. The van der Waals surface area contributed by atoms with Gasteiger partial charge >= 0.3 is 0 Å². The second-order valence-corrected chi connectivity index (χ2v) is 7.27. The molecule has 0 aromatic carbocycles. The smallest absolute Gasteiger partial charge is 0.277 e. The van der Waals surface area contributed by atoms with Gasteiger partial charge in [-0.2, -0.15) is 16.7 Å². The number of hydrogen-bond donors (Lipinski definition) is 1. The first-order valence-electron chi connectivity index (χ1n) is 6.88. The van der Waals surface area contributed by atoms with Crippen LogP contribution in [-0.4, -0.2) is 20.4 Å².